The van der Waals surface area contributed by atoms with Gasteiger partial charge in [-0.1, -0.05) is 0 Å². The lowest BCUT2D eigenvalue weighted by molar-refractivity contribution is -0.117. The Morgan fingerprint density at radius 1 is 1.27 bits per heavy atom. The predicted octanol–water partition coefficient (Wildman–Crippen LogP) is 1.23. The molecule has 0 atom stereocenters. The van der Waals surface area contributed by atoms with Crippen molar-refractivity contribution in [3.8, 4) is 11.5 Å². The summed E-state index contributed by atoms with van der Waals surface area (Å²) >= 11 is 0. The highest BCUT2D eigenvalue weighted by atomic mass is 16.7. The molecule has 114 valence electrons. The van der Waals surface area contributed by atoms with Gasteiger partial charge in [-0.15, -0.1) is 0 Å². The van der Waals surface area contributed by atoms with Gasteiger partial charge in [-0.05, 0) is 31.5 Å². The Morgan fingerprint density at radius 2 is 2.05 bits per heavy atom. The van der Waals surface area contributed by atoms with Crippen LogP contribution in [0.25, 0.3) is 0 Å². The van der Waals surface area contributed by atoms with Crippen LogP contribution in [0.15, 0.2) is 29.1 Å². The van der Waals surface area contributed by atoms with Crippen LogP contribution in [0.1, 0.15) is 11.3 Å². The van der Waals surface area contributed by atoms with Crippen molar-refractivity contribution in [1.29, 1.82) is 0 Å². The highest BCUT2D eigenvalue weighted by Crippen LogP contribution is 2.34. The fraction of sp³-hybridized carbons (Fsp3) is 0.267. The van der Waals surface area contributed by atoms with Gasteiger partial charge in [0.05, 0.1) is 5.69 Å². The maximum Gasteiger partial charge on any atom is 0.267 e. The van der Waals surface area contributed by atoms with Crippen molar-refractivity contribution in [2.24, 2.45) is 0 Å². The zero-order valence-corrected chi connectivity index (χ0v) is 12.3. The number of ether oxygens (including phenoxy) is 2. The van der Waals surface area contributed by atoms with Crippen LogP contribution < -0.4 is 20.3 Å². The topological polar surface area (TPSA) is 82.5 Å². The summed E-state index contributed by atoms with van der Waals surface area (Å²) in [7, 11) is 0. The number of benzene rings is 1. The van der Waals surface area contributed by atoms with Crippen molar-refractivity contribution in [3.63, 3.8) is 0 Å². The van der Waals surface area contributed by atoms with E-state index in [-0.39, 0.29) is 24.8 Å². The molecule has 2 heterocycles. The number of aromatic nitrogens is 2. The first-order valence-electron chi connectivity index (χ1n) is 6.78. The van der Waals surface area contributed by atoms with Crippen LogP contribution in [-0.4, -0.2) is 22.5 Å². The van der Waals surface area contributed by atoms with E-state index in [9.17, 15) is 9.59 Å². The van der Waals surface area contributed by atoms with Crippen LogP contribution in [0.2, 0.25) is 0 Å². The third kappa shape index (κ3) is 2.78. The molecule has 0 radical (unpaired) electrons. The van der Waals surface area contributed by atoms with Crippen LogP contribution in [0.3, 0.4) is 0 Å². The molecule has 3 rings (SSSR count). The third-order valence-corrected chi connectivity index (χ3v) is 3.39. The predicted molar refractivity (Wildman–Crippen MR) is 79.2 cm³/mol. The smallest absolute Gasteiger partial charge is 0.267 e. The summed E-state index contributed by atoms with van der Waals surface area (Å²) in [4.78, 5) is 23.9. The van der Waals surface area contributed by atoms with Crippen molar-refractivity contribution < 1.29 is 14.3 Å². The average Bonchev–Trinajstić information content (AvgIpc) is 2.92. The van der Waals surface area contributed by atoms with Crippen molar-refractivity contribution in [3.05, 3.63) is 45.9 Å². The first-order valence-corrected chi connectivity index (χ1v) is 6.78. The number of aryl methyl sites for hydroxylation is 2. The van der Waals surface area contributed by atoms with E-state index in [1.807, 2.05) is 0 Å². The van der Waals surface area contributed by atoms with Gasteiger partial charge < -0.3 is 14.8 Å². The minimum atomic E-state index is -0.336. The van der Waals surface area contributed by atoms with Crippen LogP contribution >= 0.6 is 0 Å². The Balaban J connectivity index is 1.73. The second-order valence-electron chi connectivity index (χ2n) is 5.02. The molecule has 0 aliphatic carbocycles. The van der Waals surface area contributed by atoms with Gasteiger partial charge in [0.25, 0.3) is 5.56 Å². The number of nitrogens with zero attached hydrogens (tertiary/aromatic N) is 2. The Kier molecular flexibility index (Phi) is 3.54. The first-order chi connectivity index (χ1) is 10.5. The summed E-state index contributed by atoms with van der Waals surface area (Å²) in [6.45, 7) is 3.63. The summed E-state index contributed by atoms with van der Waals surface area (Å²) in [6.07, 6.45) is 0. The standard InChI is InChI=1S/C15H15N3O4/c1-9-5-15(20)18(17-10(9)2)7-14(19)16-11-3-4-12-13(6-11)22-8-21-12/h3-6H,7-8H2,1-2H3,(H,16,19). The number of amides is 1. The molecule has 0 spiro atoms. The number of nitrogens with one attached hydrogen (secondary N) is 1. The molecule has 0 saturated carbocycles. The molecular formula is C15H15N3O4. The Bertz CT molecular complexity index is 798. The number of hydrogen-bond acceptors (Lipinski definition) is 5. The van der Waals surface area contributed by atoms with Gasteiger partial charge in [-0.3, -0.25) is 9.59 Å². The number of rotatable bonds is 3. The Morgan fingerprint density at radius 3 is 2.86 bits per heavy atom. The van der Waals surface area contributed by atoms with Crippen molar-refractivity contribution >= 4 is 11.6 Å². The molecule has 2 aromatic rings. The molecule has 1 amide bonds. The SMILES string of the molecule is Cc1cc(=O)n(CC(=O)Nc2ccc3c(c2)OCO3)nc1C. The molecule has 0 saturated heterocycles. The van der Waals surface area contributed by atoms with Gasteiger partial charge in [0.2, 0.25) is 12.7 Å². The Labute approximate surface area is 126 Å². The van der Waals surface area contributed by atoms with Gasteiger partial charge in [0, 0.05) is 17.8 Å². The summed E-state index contributed by atoms with van der Waals surface area (Å²) < 4.78 is 11.6. The highest BCUT2D eigenvalue weighted by molar-refractivity contribution is 5.90. The van der Waals surface area contributed by atoms with Crippen LogP contribution in [0, 0.1) is 13.8 Å². The number of fused-ring (bicyclic) bond motifs is 1. The lowest BCUT2D eigenvalue weighted by Crippen LogP contribution is -2.30. The lowest BCUT2D eigenvalue weighted by Gasteiger charge is -2.08. The highest BCUT2D eigenvalue weighted by Gasteiger charge is 2.14. The second-order valence-corrected chi connectivity index (χ2v) is 5.02. The molecular weight excluding hydrogens is 286 g/mol. The minimum absolute atomic E-state index is 0.144. The Hall–Kier alpha value is -2.83. The van der Waals surface area contributed by atoms with E-state index in [1.54, 1.807) is 32.0 Å². The van der Waals surface area contributed by atoms with Crippen molar-refractivity contribution in [2.45, 2.75) is 20.4 Å². The van der Waals surface area contributed by atoms with E-state index in [1.165, 1.54) is 6.07 Å². The van der Waals surface area contributed by atoms with Crippen LogP contribution in [0.5, 0.6) is 11.5 Å². The van der Waals surface area contributed by atoms with Gasteiger partial charge in [0.1, 0.15) is 6.54 Å². The monoisotopic (exact) mass is 301 g/mol. The lowest BCUT2D eigenvalue weighted by atomic mass is 10.2. The quantitative estimate of drug-likeness (QED) is 0.922. The maximum absolute atomic E-state index is 12.0. The number of hydrogen-bond donors (Lipinski definition) is 1. The van der Waals surface area contributed by atoms with Gasteiger partial charge >= 0.3 is 0 Å². The molecule has 0 bridgehead atoms. The van der Waals surface area contributed by atoms with Gasteiger partial charge in [-0.25, -0.2) is 4.68 Å². The van der Waals surface area contributed by atoms with Gasteiger partial charge in [-0.2, -0.15) is 5.10 Å². The van der Waals surface area contributed by atoms with E-state index in [0.717, 1.165) is 15.9 Å². The summed E-state index contributed by atoms with van der Waals surface area (Å²) in [5, 5.41) is 6.82. The van der Waals surface area contributed by atoms with E-state index in [2.05, 4.69) is 10.4 Å². The number of anilines is 1. The average molecular weight is 301 g/mol. The summed E-state index contributed by atoms with van der Waals surface area (Å²) in [6, 6.07) is 6.58. The molecule has 7 heteroatoms. The van der Waals surface area contributed by atoms with Crippen molar-refractivity contribution in [1.82, 2.24) is 9.78 Å². The fourth-order valence-electron chi connectivity index (χ4n) is 2.10. The molecule has 0 unspecified atom stereocenters. The summed E-state index contributed by atoms with van der Waals surface area (Å²) in [5.41, 5.74) is 1.79. The molecule has 1 aromatic carbocycles. The molecule has 22 heavy (non-hydrogen) atoms. The van der Waals surface area contributed by atoms with Crippen molar-refractivity contribution in [2.75, 3.05) is 12.1 Å². The van der Waals surface area contributed by atoms with Crippen LogP contribution in [-0.2, 0) is 11.3 Å². The van der Waals surface area contributed by atoms with Gasteiger partial charge in [0.15, 0.2) is 11.5 Å². The zero-order valence-electron chi connectivity index (χ0n) is 12.3. The maximum atomic E-state index is 12.0. The molecule has 1 aliphatic rings. The minimum Gasteiger partial charge on any atom is -0.454 e. The molecule has 0 fully saturated rings. The van der Waals surface area contributed by atoms with E-state index < -0.39 is 0 Å². The molecule has 1 aliphatic heterocycles. The first kappa shape index (κ1) is 14.1. The largest absolute Gasteiger partial charge is 0.454 e. The molecule has 1 aromatic heterocycles. The van der Waals surface area contributed by atoms with E-state index in [4.69, 9.17) is 9.47 Å². The summed E-state index contributed by atoms with van der Waals surface area (Å²) in [5.74, 6) is 0.890. The van der Waals surface area contributed by atoms with Crippen LogP contribution in [0.4, 0.5) is 5.69 Å². The third-order valence-electron chi connectivity index (χ3n) is 3.39. The van der Waals surface area contributed by atoms with E-state index in [0.29, 0.717) is 17.2 Å². The molecule has 7 nitrogen and oxygen atoms in total. The number of carbonyl (C=O) groups is 1. The fourth-order valence-corrected chi connectivity index (χ4v) is 2.10. The second kappa shape index (κ2) is 5.51. The molecule has 1 N–H and O–H groups in total. The zero-order chi connectivity index (χ0) is 15.7. The normalized spacial score (nSPS) is 12.3. The number of carbonyl (C=O) groups excluding carboxylic acids is 1. The van der Waals surface area contributed by atoms with E-state index >= 15 is 0 Å².